The zero-order valence-corrected chi connectivity index (χ0v) is 17.7. The van der Waals surface area contributed by atoms with E-state index in [1.54, 1.807) is 6.08 Å². The number of allylic oxidation sites excluding steroid dienone is 1. The van der Waals surface area contributed by atoms with Gasteiger partial charge in [0, 0.05) is 30.1 Å². The first kappa shape index (κ1) is 20.7. The van der Waals surface area contributed by atoms with Crippen LogP contribution in [0.1, 0.15) is 72.6 Å². The normalized spacial score (nSPS) is 48.8. The molecule has 0 aliphatic heterocycles. The fourth-order valence-electron chi connectivity index (χ4n) is 7.62. The summed E-state index contributed by atoms with van der Waals surface area (Å²) in [6, 6.07) is 0. The number of hydrogen-bond donors (Lipinski definition) is 1. The molecule has 5 nitrogen and oxygen atoms in total. The number of carbonyl (C=O) groups is 3. The minimum absolute atomic E-state index is 0.0287. The van der Waals surface area contributed by atoms with Crippen molar-refractivity contribution in [1.82, 2.24) is 0 Å². The van der Waals surface area contributed by atoms with Gasteiger partial charge in [-0.2, -0.15) is 0 Å². The molecule has 0 amide bonds. The molecule has 0 saturated heterocycles. The van der Waals surface area contributed by atoms with Crippen LogP contribution < -0.4 is 0 Å². The number of ketones is 2. The SMILES string of the molecule is CC(=O)O[C@]1(C(C)=O)CC[C@H]2[C@H]3CCC4=CC(=O)CC[C@]4(C)[C@]3(F)[C@@H](O)C[C@]21C. The molecule has 6 heteroatoms. The Bertz CT molecular complexity index is 820. The third-order valence-corrected chi connectivity index (χ3v) is 9.05. The van der Waals surface area contributed by atoms with Gasteiger partial charge in [0.05, 0.1) is 6.10 Å². The maximum absolute atomic E-state index is 17.0. The van der Waals surface area contributed by atoms with Crippen molar-refractivity contribution in [2.45, 2.75) is 90.0 Å². The van der Waals surface area contributed by atoms with Gasteiger partial charge in [0.2, 0.25) is 0 Å². The van der Waals surface area contributed by atoms with E-state index in [1.807, 2.05) is 13.8 Å². The number of fused-ring (bicyclic) bond motifs is 5. The van der Waals surface area contributed by atoms with E-state index < -0.39 is 40.1 Å². The number of aliphatic hydroxyl groups excluding tert-OH is 1. The van der Waals surface area contributed by atoms with Crippen LogP contribution in [0.3, 0.4) is 0 Å². The van der Waals surface area contributed by atoms with E-state index in [0.29, 0.717) is 32.1 Å². The average molecular weight is 406 g/mol. The Balaban J connectivity index is 1.81. The quantitative estimate of drug-likeness (QED) is 0.710. The number of hydrogen-bond acceptors (Lipinski definition) is 5. The molecule has 0 radical (unpaired) electrons. The van der Waals surface area contributed by atoms with Gasteiger partial charge in [-0.15, -0.1) is 0 Å². The minimum atomic E-state index is -1.86. The second-order valence-electron chi connectivity index (χ2n) is 10.1. The minimum Gasteiger partial charge on any atom is -0.451 e. The first-order chi connectivity index (χ1) is 13.4. The van der Waals surface area contributed by atoms with Gasteiger partial charge in [-0.25, -0.2) is 4.39 Å². The third-order valence-electron chi connectivity index (χ3n) is 9.05. The van der Waals surface area contributed by atoms with Gasteiger partial charge in [0.15, 0.2) is 17.2 Å². The first-order valence-electron chi connectivity index (χ1n) is 10.7. The second kappa shape index (κ2) is 6.22. The number of aliphatic hydroxyl groups is 1. The maximum Gasteiger partial charge on any atom is 0.303 e. The average Bonchev–Trinajstić information content (AvgIpc) is 2.90. The predicted molar refractivity (Wildman–Crippen MR) is 104 cm³/mol. The Kier molecular flexibility index (Phi) is 4.44. The fraction of sp³-hybridized carbons (Fsp3) is 0.783. The maximum atomic E-state index is 17.0. The summed E-state index contributed by atoms with van der Waals surface area (Å²) in [5.41, 5.74) is -4.05. The summed E-state index contributed by atoms with van der Waals surface area (Å²) in [5.74, 6) is -1.35. The van der Waals surface area contributed by atoms with Crippen LogP contribution in [0.25, 0.3) is 0 Å². The van der Waals surface area contributed by atoms with E-state index in [9.17, 15) is 19.5 Å². The molecule has 1 N–H and O–H groups in total. The van der Waals surface area contributed by atoms with Crippen LogP contribution in [0.5, 0.6) is 0 Å². The summed E-state index contributed by atoms with van der Waals surface area (Å²) in [4.78, 5) is 36.6. The molecule has 0 aromatic heterocycles. The topological polar surface area (TPSA) is 80.7 Å². The van der Waals surface area contributed by atoms with E-state index in [4.69, 9.17) is 4.74 Å². The molecule has 0 heterocycles. The summed E-state index contributed by atoms with van der Waals surface area (Å²) in [6.45, 7) is 6.45. The van der Waals surface area contributed by atoms with Gasteiger partial charge >= 0.3 is 5.97 Å². The highest BCUT2D eigenvalue weighted by Gasteiger charge is 2.75. The lowest BCUT2D eigenvalue weighted by Crippen LogP contribution is -2.69. The van der Waals surface area contributed by atoms with Crippen LogP contribution in [0.15, 0.2) is 11.6 Å². The van der Waals surface area contributed by atoms with E-state index in [1.165, 1.54) is 13.8 Å². The Morgan fingerprint density at radius 2 is 1.83 bits per heavy atom. The Hall–Kier alpha value is -1.56. The third kappa shape index (κ3) is 2.38. The molecule has 0 aromatic carbocycles. The van der Waals surface area contributed by atoms with Crippen molar-refractivity contribution in [2.24, 2.45) is 22.7 Å². The van der Waals surface area contributed by atoms with Crippen molar-refractivity contribution in [3.63, 3.8) is 0 Å². The number of Topliss-reactive ketones (excluding diaryl/α,β-unsaturated/α-hetero) is 1. The van der Waals surface area contributed by atoms with Gasteiger partial charge < -0.3 is 9.84 Å². The van der Waals surface area contributed by atoms with Crippen molar-refractivity contribution in [1.29, 1.82) is 0 Å². The van der Waals surface area contributed by atoms with Crippen molar-refractivity contribution < 1.29 is 28.6 Å². The zero-order chi connectivity index (χ0) is 21.4. The van der Waals surface area contributed by atoms with Crippen LogP contribution in [0.2, 0.25) is 0 Å². The lowest BCUT2D eigenvalue weighted by Gasteiger charge is -2.63. The number of alkyl halides is 1. The summed E-state index contributed by atoms with van der Waals surface area (Å²) >= 11 is 0. The van der Waals surface area contributed by atoms with E-state index in [0.717, 1.165) is 5.57 Å². The summed E-state index contributed by atoms with van der Waals surface area (Å²) in [7, 11) is 0. The van der Waals surface area contributed by atoms with Crippen LogP contribution in [-0.2, 0) is 19.1 Å². The van der Waals surface area contributed by atoms with E-state index in [-0.39, 0.29) is 30.3 Å². The van der Waals surface area contributed by atoms with Crippen LogP contribution in [0.4, 0.5) is 4.39 Å². The highest BCUT2D eigenvalue weighted by atomic mass is 19.1. The van der Waals surface area contributed by atoms with Crippen LogP contribution in [0, 0.1) is 22.7 Å². The molecule has 3 saturated carbocycles. The van der Waals surface area contributed by atoms with Crippen molar-refractivity contribution in [3.05, 3.63) is 11.6 Å². The van der Waals surface area contributed by atoms with E-state index >= 15 is 4.39 Å². The standard InChI is InChI=1S/C23H31FO5/c1-13(25)22(29-14(2)26)10-8-17-18-6-5-15-11-16(27)7-9-20(15,3)23(18,24)19(28)12-21(17,22)4/h11,17-19,28H,5-10,12H2,1-4H3/t17-,18+,19-,20-,21+,22-,23+/m0/s1. The van der Waals surface area contributed by atoms with Crippen molar-refractivity contribution >= 4 is 17.5 Å². The van der Waals surface area contributed by atoms with Gasteiger partial charge in [-0.05, 0) is 57.4 Å². The van der Waals surface area contributed by atoms with E-state index in [2.05, 4.69) is 0 Å². The Morgan fingerprint density at radius 1 is 1.14 bits per heavy atom. The number of halogens is 1. The van der Waals surface area contributed by atoms with Gasteiger partial charge in [0.1, 0.15) is 5.67 Å². The lowest BCUT2D eigenvalue weighted by atomic mass is 9.44. The number of carbonyl (C=O) groups excluding carboxylic acids is 3. The number of ether oxygens (including phenoxy) is 1. The molecule has 29 heavy (non-hydrogen) atoms. The smallest absolute Gasteiger partial charge is 0.303 e. The predicted octanol–water partition coefficient (Wildman–Crippen LogP) is 3.47. The molecule has 0 spiro atoms. The molecule has 0 bridgehead atoms. The molecule has 4 aliphatic carbocycles. The van der Waals surface area contributed by atoms with Gasteiger partial charge in [-0.1, -0.05) is 19.4 Å². The molecule has 7 atom stereocenters. The fourth-order valence-corrected chi connectivity index (χ4v) is 7.62. The molecule has 4 aliphatic rings. The zero-order valence-electron chi connectivity index (χ0n) is 17.7. The second-order valence-corrected chi connectivity index (χ2v) is 10.1. The lowest BCUT2D eigenvalue weighted by molar-refractivity contribution is -0.231. The summed E-state index contributed by atoms with van der Waals surface area (Å²) in [6.07, 6.45) is 3.15. The Morgan fingerprint density at radius 3 is 2.45 bits per heavy atom. The van der Waals surface area contributed by atoms with Gasteiger partial charge in [0.25, 0.3) is 0 Å². The van der Waals surface area contributed by atoms with Crippen molar-refractivity contribution in [3.8, 4) is 0 Å². The molecular weight excluding hydrogens is 375 g/mol. The Labute approximate surface area is 171 Å². The molecular formula is C23H31FO5. The number of esters is 1. The molecule has 0 unspecified atom stereocenters. The molecule has 0 aromatic rings. The monoisotopic (exact) mass is 406 g/mol. The highest BCUT2D eigenvalue weighted by molar-refractivity contribution is 5.92. The number of rotatable bonds is 2. The molecule has 4 rings (SSSR count). The highest BCUT2D eigenvalue weighted by Crippen LogP contribution is 2.70. The molecule has 3 fully saturated rings. The largest absolute Gasteiger partial charge is 0.451 e. The first-order valence-corrected chi connectivity index (χ1v) is 10.7. The van der Waals surface area contributed by atoms with Crippen molar-refractivity contribution in [2.75, 3.05) is 0 Å². The summed E-state index contributed by atoms with van der Waals surface area (Å²) < 4.78 is 22.6. The van der Waals surface area contributed by atoms with Crippen LogP contribution >= 0.6 is 0 Å². The molecule has 160 valence electrons. The van der Waals surface area contributed by atoms with Crippen LogP contribution in [-0.4, -0.2) is 40.0 Å². The van der Waals surface area contributed by atoms with Gasteiger partial charge in [-0.3, -0.25) is 14.4 Å². The summed E-state index contributed by atoms with van der Waals surface area (Å²) in [5, 5.41) is 11.3.